The Morgan fingerprint density at radius 1 is 1.10 bits per heavy atom. The molecular formula is C21H26N4O3S. The number of nitrogens with one attached hydrogen (secondary N) is 1. The average molecular weight is 415 g/mol. The zero-order chi connectivity index (χ0) is 20.3. The second kappa shape index (κ2) is 8.20. The van der Waals surface area contributed by atoms with Gasteiger partial charge in [-0.3, -0.25) is 14.8 Å². The summed E-state index contributed by atoms with van der Waals surface area (Å²) in [5, 5.41) is 3.02. The molecule has 1 saturated carbocycles. The molecule has 8 heteroatoms. The maximum Gasteiger partial charge on any atom is 0.244 e. The Hall–Kier alpha value is -2.32. The second-order valence-electron chi connectivity index (χ2n) is 8.04. The minimum atomic E-state index is -3.67. The summed E-state index contributed by atoms with van der Waals surface area (Å²) in [6.45, 7) is 1.04. The van der Waals surface area contributed by atoms with Crippen LogP contribution < -0.4 is 5.32 Å². The van der Waals surface area contributed by atoms with Gasteiger partial charge in [-0.05, 0) is 48.1 Å². The Kier molecular flexibility index (Phi) is 5.65. The van der Waals surface area contributed by atoms with E-state index in [0.717, 1.165) is 37.7 Å². The highest BCUT2D eigenvalue weighted by Gasteiger charge is 2.53. The molecule has 1 N–H and O–H groups in total. The van der Waals surface area contributed by atoms with Crippen molar-refractivity contribution in [1.82, 2.24) is 19.6 Å². The first-order valence-electron chi connectivity index (χ1n) is 10.1. The van der Waals surface area contributed by atoms with E-state index in [2.05, 4.69) is 15.3 Å². The van der Waals surface area contributed by atoms with Gasteiger partial charge in [0.05, 0.1) is 5.92 Å². The Balaban J connectivity index is 1.55. The minimum Gasteiger partial charge on any atom is -0.352 e. The first kappa shape index (κ1) is 20.0. The molecule has 0 bridgehead atoms. The van der Waals surface area contributed by atoms with E-state index in [4.69, 9.17) is 0 Å². The number of carbonyl (C=O) groups is 1. The van der Waals surface area contributed by atoms with Crippen LogP contribution in [0.4, 0.5) is 0 Å². The summed E-state index contributed by atoms with van der Waals surface area (Å²) < 4.78 is 27.8. The third-order valence-electron chi connectivity index (χ3n) is 6.27. The maximum absolute atomic E-state index is 13.2. The number of hydrogen-bond acceptors (Lipinski definition) is 5. The molecule has 1 aliphatic heterocycles. The van der Waals surface area contributed by atoms with Crippen molar-refractivity contribution < 1.29 is 13.2 Å². The minimum absolute atomic E-state index is 0.0624. The number of pyridine rings is 2. The lowest BCUT2D eigenvalue weighted by atomic mass is 9.67. The quantitative estimate of drug-likeness (QED) is 0.811. The van der Waals surface area contributed by atoms with Crippen molar-refractivity contribution in [3.05, 3.63) is 54.6 Å². The standard InChI is InChI=1S/C21H26N4O3S/c26-20(24-13-17-6-11-22-12-7-17)19-15-25(16-21(19)8-2-1-3-9-21)29(27,28)18-5-4-10-23-14-18/h4-7,10-12,14,19H,1-3,8-9,13,15-16H2,(H,24,26). The first-order chi connectivity index (χ1) is 14.0. The third-order valence-corrected chi connectivity index (χ3v) is 8.07. The molecule has 2 aliphatic rings. The fraction of sp³-hybridized carbons (Fsp3) is 0.476. The maximum atomic E-state index is 13.2. The molecule has 1 saturated heterocycles. The lowest BCUT2D eigenvalue weighted by Crippen LogP contribution is -2.42. The lowest BCUT2D eigenvalue weighted by Gasteiger charge is -2.37. The van der Waals surface area contributed by atoms with Gasteiger partial charge in [-0.25, -0.2) is 8.42 Å². The van der Waals surface area contributed by atoms with Crippen LogP contribution in [0.5, 0.6) is 0 Å². The van der Waals surface area contributed by atoms with Crippen LogP contribution in [0.3, 0.4) is 0 Å². The Bertz CT molecular complexity index is 944. The van der Waals surface area contributed by atoms with Gasteiger partial charge in [0, 0.05) is 44.4 Å². The Morgan fingerprint density at radius 3 is 2.55 bits per heavy atom. The molecule has 4 rings (SSSR count). The van der Waals surface area contributed by atoms with E-state index in [9.17, 15) is 13.2 Å². The van der Waals surface area contributed by atoms with Crippen molar-refractivity contribution in [2.75, 3.05) is 13.1 Å². The van der Waals surface area contributed by atoms with Crippen LogP contribution in [-0.2, 0) is 21.4 Å². The summed E-state index contributed by atoms with van der Waals surface area (Å²) >= 11 is 0. The normalized spacial score (nSPS) is 21.9. The van der Waals surface area contributed by atoms with E-state index in [1.54, 1.807) is 30.7 Å². The predicted molar refractivity (Wildman–Crippen MR) is 108 cm³/mol. The number of rotatable bonds is 5. The van der Waals surface area contributed by atoms with E-state index in [1.165, 1.54) is 10.5 Å². The van der Waals surface area contributed by atoms with Crippen LogP contribution in [0.25, 0.3) is 0 Å². The summed E-state index contributed by atoms with van der Waals surface area (Å²) in [5.74, 6) is -0.399. The van der Waals surface area contributed by atoms with Crippen LogP contribution in [0.15, 0.2) is 53.9 Å². The van der Waals surface area contributed by atoms with Crippen molar-refractivity contribution >= 4 is 15.9 Å². The van der Waals surface area contributed by atoms with Crippen LogP contribution in [0.1, 0.15) is 37.7 Å². The van der Waals surface area contributed by atoms with E-state index in [0.29, 0.717) is 13.1 Å². The molecule has 1 spiro atoms. The van der Waals surface area contributed by atoms with Gasteiger partial charge in [-0.15, -0.1) is 0 Å². The number of amides is 1. The Morgan fingerprint density at radius 2 is 1.86 bits per heavy atom. The van der Waals surface area contributed by atoms with E-state index < -0.39 is 10.0 Å². The van der Waals surface area contributed by atoms with Crippen LogP contribution in [-0.4, -0.2) is 41.7 Å². The molecule has 29 heavy (non-hydrogen) atoms. The van der Waals surface area contributed by atoms with Gasteiger partial charge in [-0.1, -0.05) is 19.3 Å². The fourth-order valence-electron chi connectivity index (χ4n) is 4.69. The van der Waals surface area contributed by atoms with Gasteiger partial charge in [0.15, 0.2) is 0 Å². The molecule has 154 valence electrons. The highest BCUT2D eigenvalue weighted by atomic mass is 32.2. The van der Waals surface area contributed by atoms with Crippen molar-refractivity contribution in [2.45, 2.75) is 43.5 Å². The zero-order valence-electron chi connectivity index (χ0n) is 16.3. The summed E-state index contributed by atoms with van der Waals surface area (Å²) in [6.07, 6.45) is 11.3. The van der Waals surface area contributed by atoms with Gasteiger partial charge >= 0.3 is 0 Å². The van der Waals surface area contributed by atoms with Gasteiger partial charge < -0.3 is 5.32 Å². The van der Waals surface area contributed by atoms with Gasteiger partial charge in [0.2, 0.25) is 15.9 Å². The third kappa shape index (κ3) is 4.04. The number of nitrogens with zero attached hydrogens (tertiary/aromatic N) is 3. The first-order valence-corrected chi connectivity index (χ1v) is 11.5. The second-order valence-corrected chi connectivity index (χ2v) is 9.97. The molecule has 3 heterocycles. The summed E-state index contributed by atoms with van der Waals surface area (Å²) in [5.41, 5.74) is 0.694. The van der Waals surface area contributed by atoms with Crippen molar-refractivity contribution in [3.8, 4) is 0 Å². The molecule has 2 aromatic heterocycles. The molecule has 1 unspecified atom stereocenters. The van der Waals surface area contributed by atoms with Gasteiger partial charge in [-0.2, -0.15) is 4.31 Å². The number of hydrogen-bond donors (Lipinski definition) is 1. The van der Waals surface area contributed by atoms with Crippen molar-refractivity contribution in [2.24, 2.45) is 11.3 Å². The molecule has 1 atom stereocenters. The Labute approximate surface area is 171 Å². The highest BCUT2D eigenvalue weighted by molar-refractivity contribution is 7.89. The fourth-order valence-corrected chi connectivity index (χ4v) is 6.21. The van der Waals surface area contributed by atoms with Gasteiger partial charge in [0.1, 0.15) is 4.90 Å². The molecule has 7 nitrogen and oxygen atoms in total. The van der Waals surface area contributed by atoms with E-state index >= 15 is 0 Å². The zero-order valence-corrected chi connectivity index (χ0v) is 17.1. The van der Waals surface area contributed by atoms with Crippen LogP contribution in [0.2, 0.25) is 0 Å². The molecular weight excluding hydrogens is 388 g/mol. The average Bonchev–Trinajstić information content (AvgIpc) is 3.13. The molecule has 2 aromatic rings. The number of sulfonamides is 1. The SMILES string of the molecule is O=C(NCc1ccncc1)C1CN(S(=O)(=O)c2cccnc2)CC12CCCCC2. The molecule has 0 radical (unpaired) electrons. The van der Waals surface area contributed by atoms with E-state index in [-0.39, 0.29) is 28.7 Å². The number of aromatic nitrogens is 2. The van der Waals surface area contributed by atoms with Crippen LogP contribution >= 0.6 is 0 Å². The molecule has 0 aromatic carbocycles. The molecule has 1 amide bonds. The smallest absolute Gasteiger partial charge is 0.244 e. The monoisotopic (exact) mass is 414 g/mol. The summed E-state index contributed by atoms with van der Waals surface area (Å²) in [6, 6.07) is 6.92. The number of carbonyl (C=O) groups excluding carboxylic acids is 1. The summed E-state index contributed by atoms with van der Waals surface area (Å²) in [7, 11) is -3.67. The molecule has 2 fully saturated rings. The predicted octanol–water partition coefficient (Wildman–Crippen LogP) is 2.36. The van der Waals surface area contributed by atoms with Crippen molar-refractivity contribution in [1.29, 1.82) is 0 Å². The molecule has 1 aliphatic carbocycles. The van der Waals surface area contributed by atoms with Gasteiger partial charge in [0.25, 0.3) is 0 Å². The van der Waals surface area contributed by atoms with Crippen molar-refractivity contribution in [3.63, 3.8) is 0 Å². The lowest BCUT2D eigenvalue weighted by molar-refractivity contribution is -0.128. The largest absolute Gasteiger partial charge is 0.352 e. The van der Waals surface area contributed by atoms with E-state index in [1.807, 2.05) is 12.1 Å². The topological polar surface area (TPSA) is 92.3 Å². The summed E-state index contributed by atoms with van der Waals surface area (Å²) in [4.78, 5) is 21.3. The highest BCUT2D eigenvalue weighted by Crippen LogP contribution is 2.48. The van der Waals surface area contributed by atoms with Crippen LogP contribution in [0, 0.1) is 11.3 Å².